The number of rotatable bonds is 2. The normalized spacial score (nSPS) is 11.9. The predicted molar refractivity (Wildman–Crippen MR) is 44.6 cm³/mol. The van der Waals surface area contributed by atoms with Crippen molar-refractivity contribution < 1.29 is 26.7 Å². The van der Waals surface area contributed by atoms with E-state index in [1.807, 2.05) is 0 Å². The van der Waals surface area contributed by atoms with Gasteiger partial charge in [0.2, 0.25) is 0 Å². The fourth-order valence-corrected chi connectivity index (χ4v) is 1.29. The summed E-state index contributed by atoms with van der Waals surface area (Å²) in [6.07, 6.45) is -7.95. The Morgan fingerprint density at radius 1 is 1.38 bits per heavy atom. The molecule has 16 heavy (non-hydrogen) atoms. The van der Waals surface area contributed by atoms with Crippen LogP contribution < -0.4 is 0 Å². The molecule has 0 aromatic carbocycles. The molecule has 0 radical (unpaired) electrons. The molecular weight excluding hydrogens is 257 g/mol. The smallest absolute Gasteiger partial charge is 0.298 e. The Balaban J connectivity index is 3.53. The van der Waals surface area contributed by atoms with Gasteiger partial charge in [0, 0.05) is 6.20 Å². The average Bonchev–Trinajstić information content (AvgIpc) is 2.15. The Hall–Kier alpha value is -1.24. The van der Waals surface area contributed by atoms with E-state index in [0.717, 1.165) is 0 Å². The largest absolute Gasteiger partial charge is 0.433 e. The molecular formula is C8H3ClF5NO. The first-order valence-electron chi connectivity index (χ1n) is 3.78. The molecule has 0 aliphatic rings. The lowest BCUT2D eigenvalue weighted by Gasteiger charge is -2.13. The summed E-state index contributed by atoms with van der Waals surface area (Å²) < 4.78 is 61.6. The van der Waals surface area contributed by atoms with Gasteiger partial charge in [0.1, 0.15) is 0 Å². The van der Waals surface area contributed by atoms with E-state index in [1.165, 1.54) is 0 Å². The lowest BCUT2D eigenvalue weighted by molar-refractivity contribution is -0.143. The molecule has 0 fully saturated rings. The molecule has 88 valence electrons. The van der Waals surface area contributed by atoms with E-state index in [0.29, 0.717) is 6.20 Å². The van der Waals surface area contributed by atoms with Crippen molar-refractivity contribution in [2.45, 2.75) is 12.6 Å². The van der Waals surface area contributed by atoms with E-state index in [4.69, 9.17) is 11.6 Å². The Morgan fingerprint density at radius 3 is 2.31 bits per heavy atom. The zero-order valence-electron chi connectivity index (χ0n) is 7.36. The number of aldehydes is 1. The number of alkyl halides is 5. The molecule has 1 heterocycles. The second kappa shape index (κ2) is 4.32. The SMILES string of the molecule is O=Cc1cnc(C(F)(F)F)c(C(F)F)c1Cl. The van der Waals surface area contributed by atoms with Crippen LogP contribution in [-0.4, -0.2) is 11.3 Å². The Kier molecular flexibility index (Phi) is 3.47. The lowest BCUT2D eigenvalue weighted by atomic mass is 10.1. The van der Waals surface area contributed by atoms with Crippen LogP contribution in [0.3, 0.4) is 0 Å². The summed E-state index contributed by atoms with van der Waals surface area (Å²) in [6.45, 7) is 0. The highest BCUT2D eigenvalue weighted by atomic mass is 35.5. The number of nitrogens with zero attached hydrogens (tertiary/aromatic N) is 1. The Labute approximate surface area is 91.0 Å². The fraction of sp³-hybridized carbons (Fsp3) is 0.250. The zero-order valence-corrected chi connectivity index (χ0v) is 8.11. The van der Waals surface area contributed by atoms with E-state index >= 15 is 0 Å². The number of hydrogen-bond donors (Lipinski definition) is 0. The van der Waals surface area contributed by atoms with Gasteiger partial charge in [0.05, 0.1) is 16.1 Å². The molecule has 0 bridgehead atoms. The molecule has 0 saturated heterocycles. The molecule has 1 aromatic heterocycles. The van der Waals surface area contributed by atoms with Crippen molar-refractivity contribution >= 4 is 17.9 Å². The fourth-order valence-electron chi connectivity index (χ4n) is 1.03. The molecule has 1 rings (SSSR count). The monoisotopic (exact) mass is 259 g/mol. The molecule has 0 aliphatic heterocycles. The molecule has 0 spiro atoms. The van der Waals surface area contributed by atoms with Crippen molar-refractivity contribution in [2.24, 2.45) is 0 Å². The average molecular weight is 260 g/mol. The summed E-state index contributed by atoms with van der Waals surface area (Å²) in [5.74, 6) is 0. The van der Waals surface area contributed by atoms with Crippen molar-refractivity contribution in [1.29, 1.82) is 0 Å². The van der Waals surface area contributed by atoms with Crippen LogP contribution in [0.5, 0.6) is 0 Å². The Bertz CT molecular complexity index is 418. The maximum atomic E-state index is 12.4. The number of carbonyl (C=O) groups excluding carboxylic acids is 1. The van der Waals surface area contributed by atoms with Crippen LogP contribution in [0.2, 0.25) is 5.02 Å². The first kappa shape index (κ1) is 12.8. The Morgan fingerprint density at radius 2 is 1.94 bits per heavy atom. The van der Waals surface area contributed by atoms with Crippen molar-refractivity contribution in [3.05, 3.63) is 28.0 Å². The topological polar surface area (TPSA) is 30.0 Å². The molecule has 0 unspecified atom stereocenters. The van der Waals surface area contributed by atoms with Crippen LogP contribution in [0, 0.1) is 0 Å². The molecule has 0 aliphatic carbocycles. The summed E-state index contributed by atoms with van der Waals surface area (Å²) in [5.41, 5.74) is -3.76. The van der Waals surface area contributed by atoms with Gasteiger partial charge in [0.25, 0.3) is 6.43 Å². The van der Waals surface area contributed by atoms with Crippen molar-refractivity contribution in [3.63, 3.8) is 0 Å². The summed E-state index contributed by atoms with van der Waals surface area (Å²) in [7, 11) is 0. The van der Waals surface area contributed by atoms with Crippen LogP contribution >= 0.6 is 11.6 Å². The van der Waals surface area contributed by atoms with Gasteiger partial charge >= 0.3 is 6.18 Å². The molecule has 1 aromatic rings. The van der Waals surface area contributed by atoms with Gasteiger partial charge in [0.15, 0.2) is 12.0 Å². The van der Waals surface area contributed by atoms with Gasteiger partial charge < -0.3 is 0 Å². The summed E-state index contributed by atoms with van der Waals surface area (Å²) in [6, 6.07) is 0. The third-order valence-corrected chi connectivity index (χ3v) is 2.11. The number of pyridine rings is 1. The second-order valence-electron chi connectivity index (χ2n) is 2.71. The third kappa shape index (κ3) is 2.29. The van der Waals surface area contributed by atoms with Gasteiger partial charge in [-0.15, -0.1) is 0 Å². The van der Waals surface area contributed by atoms with Crippen LogP contribution in [0.25, 0.3) is 0 Å². The highest BCUT2D eigenvalue weighted by Gasteiger charge is 2.39. The predicted octanol–water partition coefficient (Wildman–Crippen LogP) is 3.50. The molecule has 8 heteroatoms. The van der Waals surface area contributed by atoms with Gasteiger partial charge in [-0.3, -0.25) is 9.78 Å². The van der Waals surface area contributed by atoms with Gasteiger partial charge in [-0.2, -0.15) is 13.2 Å². The number of aromatic nitrogens is 1. The highest BCUT2D eigenvalue weighted by Crippen LogP contribution is 2.39. The third-order valence-electron chi connectivity index (χ3n) is 1.69. The van der Waals surface area contributed by atoms with E-state index in [9.17, 15) is 26.7 Å². The molecule has 0 atom stereocenters. The molecule has 0 saturated carbocycles. The minimum atomic E-state index is -5.04. The van der Waals surface area contributed by atoms with Crippen LogP contribution in [-0.2, 0) is 6.18 Å². The van der Waals surface area contributed by atoms with Crippen molar-refractivity contribution in [1.82, 2.24) is 4.98 Å². The number of halogens is 6. The zero-order chi connectivity index (χ0) is 12.5. The van der Waals surface area contributed by atoms with Crippen molar-refractivity contribution in [3.8, 4) is 0 Å². The van der Waals surface area contributed by atoms with Crippen molar-refractivity contribution in [2.75, 3.05) is 0 Å². The lowest BCUT2D eigenvalue weighted by Crippen LogP contribution is -2.13. The summed E-state index contributed by atoms with van der Waals surface area (Å²) in [4.78, 5) is 13.1. The highest BCUT2D eigenvalue weighted by molar-refractivity contribution is 6.33. The van der Waals surface area contributed by atoms with Gasteiger partial charge in [-0.1, -0.05) is 11.6 Å². The number of carbonyl (C=O) groups is 1. The van der Waals surface area contributed by atoms with Gasteiger partial charge in [-0.25, -0.2) is 8.78 Å². The number of hydrogen-bond acceptors (Lipinski definition) is 2. The van der Waals surface area contributed by atoms with Gasteiger partial charge in [-0.05, 0) is 0 Å². The van der Waals surface area contributed by atoms with E-state index in [-0.39, 0.29) is 6.29 Å². The minimum absolute atomic E-state index is 0.0569. The summed E-state index contributed by atoms with van der Waals surface area (Å²) >= 11 is 5.26. The second-order valence-corrected chi connectivity index (χ2v) is 3.08. The minimum Gasteiger partial charge on any atom is -0.298 e. The molecule has 0 N–H and O–H groups in total. The maximum Gasteiger partial charge on any atom is 0.433 e. The maximum absolute atomic E-state index is 12.4. The van der Waals surface area contributed by atoms with Crippen LogP contribution in [0.4, 0.5) is 22.0 Å². The van der Waals surface area contributed by atoms with Crippen LogP contribution in [0.1, 0.15) is 28.0 Å². The quantitative estimate of drug-likeness (QED) is 0.601. The first-order valence-corrected chi connectivity index (χ1v) is 4.15. The summed E-state index contributed by atoms with van der Waals surface area (Å²) in [5, 5.41) is -0.924. The van der Waals surface area contributed by atoms with E-state index < -0.39 is 34.4 Å². The standard InChI is InChI=1S/C8H3ClF5NO/c9-5-3(2-16)1-15-6(8(12,13)14)4(5)7(10)11/h1-2,7H. The van der Waals surface area contributed by atoms with E-state index in [2.05, 4.69) is 4.98 Å². The van der Waals surface area contributed by atoms with Crippen LogP contribution in [0.15, 0.2) is 6.20 Å². The molecule has 2 nitrogen and oxygen atoms in total. The first-order chi connectivity index (χ1) is 7.29. The molecule has 0 amide bonds. The van der Waals surface area contributed by atoms with E-state index in [1.54, 1.807) is 0 Å².